The number of rotatable bonds is 5. The van der Waals surface area contributed by atoms with Crippen molar-refractivity contribution < 1.29 is 14.3 Å². The van der Waals surface area contributed by atoms with Crippen molar-refractivity contribution in [3.05, 3.63) is 47.9 Å². The molecule has 1 saturated heterocycles. The Hall–Kier alpha value is -3.47. The van der Waals surface area contributed by atoms with E-state index in [1.54, 1.807) is 36.0 Å². The second kappa shape index (κ2) is 7.87. The Bertz CT molecular complexity index is 1080. The third-order valence-corrected chi connectivity index (χ3v) is 5.34. The highest BCUT2D eigenvalue weighted by Crippen LogP contribution is 2.29. The highest BCUT2D eigenvalue weighted by atomic mass is 16.5. The number of benzene rings is 1. The Kier molecular flexibility index (Phi) is 5.12. The summed E-state index contributed by atoms with van der Waals surface area (Å²) in [6, 6.07) is 7.22. The molecule has 1 aliphatic rings. The number of amides is 1. The Labute approximate surface area is 168 Å². The molecule has 0 N–H and O–H groups in total. The van der Waals surface area contributed by atoms with Crippen molar-refractivity contribution in [2.75, 3.05) is 26.8 Å². The molecule has 0 saturated carbocycles. The Morgan fingerprint density at radius 2 is 2.21 bits per heavy atom. The normalized spacial score (nSPS) is 16.6. The van der Waals surface area contributed by atoms with Crippen LogP contribution in [0.4, 0.5) is 0 Å². The first kappa shape index (κ1) is 18.9. The highest BCUT2D eigenvalue weighted by Gasteiger charge is 2.27. The zero-order chi connectivity index (χ0) is 20.4. The minimum absolute atomic E-state index is 0.00227. The molecule has 3 aromatic rings. The van der Waals surface area contributed by atoms with Gasteiger partial charge in [0.15, 0.2) is 11.5 Å². The molecule has 3 heterocycles. The molecular weight excluding hydrogens is 370 g/mol. The second-order valence-corrected chi connectivity index (χ2v) is 7.28. The summed E-state index contributed by atoms with van der Waals surface area (Å²) >= 11 is 0. The lowest BCUT2D eigenvalue weighted by atomic mass is 9.98. The first-order valence-electron chi connectivity index (χ1n) is 9.59. The molecule has 29 heavy (non-hydrogen) atoms. The van der Waals surface area contributed by atoms with Crippen molar-refractivity contribution in [1.29, 1.82) is 5.26 Å². The van der Waals surface area contributed by atoms with Crippen molar-refractivity contribution in [1.82, 2.24) is 19.1 Å². The number of methoxy groups -OCH3 is 1. The maximum atomic E-state index is 13.1. The van der Waals surface area contributed by atoms with Gasteiger partial charge in [0.05, 0.1) is 31.5 Å². The SMILES string of the molecule is COc1cc(C#N)ccc1OCC1CCCN(C(=O)c2cnn3ccn(C)c23)C1. The minimum atomic E-state index is 0.00227. The van der Waals surface area contributed by atoms with Gasteiger partial charge < -0.3 is 18.9 Å². The topological polar surface area (TPSA) is 84.8 Å². The van der Waals surface area contributed by atoms with Gasteiger partial charge in [-0.1, -0.05) is 0 Å². The molecule has 8 heteroatoms. The van der Waals surface area contributed by atoms with E-state index in [4.69, 9.17) is 14.7 Å². The maximum Gasteiger partial charge on any atom is 0.259 e. The Balaban J connectivity index is 1.43. The van der Waals surface area contributed by atoms with Gasteiger partial charge in [0, 0.05) is 44.5 Å². The molecule has 0 aliphatic carbocycles. The van der Waals surface area contributed by atoms with Crippen molar-refractivity contribution in [3.63, 3.8) is 0 Å². The van der Waals surface area contributed by atoms with E-state index in [2.05, 4.69) is 11.2 Å². The number of piperidine rings is 1. The third kappa shape index (κ3) is 3.63. The molecule has 0 spiro atoms. The average molecular weight is 393 g/mol. The van der Waals surface area contributed by atoms with Crippen molar-refractivity contribution in [2.24, 2.45) is 13.0 Å². The Morgan fingerprint density at radius 3 is 3.00 bits per heavy atom. The van der Waals surface area contributed by atoms with E-state index < -0.39 is 0 Å². The van der Waals surface area contributed by atoms with Crippen LogP contribution >= 0.6 is 0 Å². The van der Waals surface area contributed by atoms with Crippen LogP contribution in [0.5, 0.6) is 11.5 Å². The molecule has 150 valence electrons. The molecule has 0 radical (unpaired) electrons. The number of carbonyl (C=O) groups excluding carboxylic acids is 1. The number of fused-ring (bicyclic) bond motifs is 1. The summed E-state index contributed by atoms with van der Waals surface area (Å²) in [4.78, 5) is 15.0. The summed E-state index contributed by atoms with van der Waals surface area (Å²) in [7, 11) is 3.46. The average Bonchev–Trinajstić information content (AvgIpc) is 3.35. The van der Waals surface area contributed by atoms with Crippen LogP contribution in [0, 0.1) is 17.2 Å². The molecule has 1 atom stereocenters. The van der Waals surface area contributed by atoms with Gasteiger partial charge in [0.1, 0.15) is 11.2 Å². The fourth-order valence-corrected chi connectivity index (χ4v) is 3.82. The number of aromatic nitrogens is 3. The minimum Gasteiger partial charge on any atom is -0.493 e. The summed E-state index contributed by atoms with van der Waals surface area (Å²) in [5.41, 5.74) is 1.94. The van der Waals surface area contributed by atoms with Gasteiger partial charge in [0.25, 0.3) is 5.91 Å². The summed E-state index contributed by atoms with van der Waals surface area (Å²) in [5.74, 6) is 1.38. The third-order valence-electron chi connectivity index (χ3n) is 5.34. The van der Waals surface area contributed by atoms with E-state index in [1.165, 1.54) is 0 Å². The van der Waals surface area contributed by atoms with Crippen molar-refractivity contribution in [2.45, 2.75) is 12.8 Å². The van der Waals surface area contributed by atoms with Gasteiger partial charge in [-0.2, -0.15) is 10.4 Å². The quantitative estimate of drug-likeness (QED) is 0.665. The van der Waals surface area contributed by atoms with Crippen molar-refractivity contribution in [3.8, 4) is 17.6 Å². The molecule has 1 fully saturated rings. The number of nitrogens with zero attached hydrogens (tertiary/aromatic N) is 5. The molecule has 1 aliphatic heterocycles. The molecule has 2 aromatic heterocycles. The lowest BCUT2D eigenvalue weighted by Crippen LogP contribution is -2.41. The van der Waals surface area contributed by atoms with E-state index in [9.17, 15) is 4.79 Å². The van der Waals surface area contributed by atoms with E-state index >= 15 is 0 Å². The zero-order valence-electron chi connectivity index (χ0n) is 16.5. The largest absolute Gasteiger partial charge is 0.493 e. The second-order valence-electron chi connectivity index (χ2n) is 7.28. The summed E-state index contributed by atoms with van der Waals surface area (Å²) < 4.78 is 14.9. The van der Waals surface area contributed by atoms with E-state index in [-0.39, 0.29) is 11.8 Å². The molecular formula is C21H23N5O3. The van der Waals surface area contributed by atoms with Crippen LogP contribution in [0.2, 0.25) is 0 Å². The number of carbonyl (C=O) groups is 1. The Morgan fingerprint density at radius 1 is 1.34 bits per heavy atom. The summed E-state index contributed by atoms with van der Waals surface area (Å²) in [6.07, 6.45) is 7.29. The lowest BCUT2D eigenvalue weighted by molar-refractivity contribution is 0.0633. The first-order chi connectivity index (χ1) is 14.1. The molecule has 0 bridgehead atoms. The van der Waals surface area contributed by atoms with Crippen molar-refractivity contribution >= 4 is 11.6 Å². The first-order valence-corrected chi connectivity index (χ1v) is 9.59. The number of nitriles is 1. The van der Waals surface area contributed by atoms with Gasteiger partial charge in [-0.15, -0.1) is 0 Å². The predicted octanol–water partition coefficient (Wildman–Crippen LogP) is 2.48. The fraction of sp³-hybridized carbons (Fsp3) is 0.381. The predicted molar refractivity (Wildman–Crippen MR) is 106 cm³/mol. The van der Waals surface area contributed by atoms with Gasteiger partial charge in [-0.05, 0) is 25.0 Å². The van der Waals surface area contributed by atoms with Crippen LogP contribution in [-0.4, -0.2) is 51.8 Å². The van der Waals surface area contributed by atoms with Crippen LogP contribution in [-0.2, 0) is 7.05 Å². The summed E-state index contributed by atoms with van der Waals surface area (Å²) in [6.45, 7) is 1.86. The number of likely N-dealkylation sites (tertiary alicyclic amines) is 1. The standard InChI is InChI=1S/C21H23N5O3/c1-24-8-9-26-20(24)17(12-23-26)21(27)25-7-3-4-16(13-25)14-29-18-6-5-15(11-22)10-19(18)28-2/h5-6,8-10,12,16H,3-4,7,13-14H2,1-2H3. The molecule has 1 aromatic carbocycles. The number of aryl methyl sites for hydroxylation is 1. The van der Waals surface area contributed by atoms with Gasteiger partial charge >= 0.3 is 0 Å². The zero-order valence-corrected chi connectivity index (χ0v) is 16.5. The van der Waals surface area contributed by atoms with Crippen LogP contribution in [0.1, 0.15) is 28.8 Å². The molecule has 8 nitrogen and oxygen atoms in total. The van der Waals surface area contributed by atoms with E-state index in [0.29, 0.717) is 35.8 Å². The van der Waals surface area contributed by atoms with Gasteiger partial charge in [0.2, 0.25) is 0 Å². The lowest BCUT2D eigenvalue weighted by Gasteiger charge is -2.32. The van der Waals surface area contributed by atoms with Gasteiger partial charge in [-0.25, -0.2) is 4.52 Å². The highest BCUT2D eigenvalue weighted by molar-refractivity contribution is 5.99. The molecule has 1 unspecified atom stereocenters. The summed E-state index contributed by atoms with van der Waals surface area (Å²) in [5, 5.41) is 13.3. The molecule has 1 amide bonds. The number of hydrogen-bond donors (Lipinski definition) is 0. The number of imidazole rings is 1. The van der Waals surface area contributed by atoms with Crippen LogP contribution in [0.15, 0.2) is 36.8 Å². The van der Waals surface area contributed by atoms with Gasteiger partial charge in [-0.3, -0.25) is 4.79 Å². The van der Waals surface area contributed by atoms with Crippen LogP contribution in [0.3, 0.4) is 0 Å². The van der Waals surface area contributed by atoms with Crippen LogP contribution < -0.4 is 9.47 Å². The van der Waals surface area contributed by atoms with E-state index in [1.807, 2.05) is 28.9 Å². The number of ether oxygens (including phenoxy) is 2. The number of hydrogen-bond acceptors (Lipinski definition) is 5. The maximum absolute atomic E-state index is 13.1. The monoisotopic (exact) mass is 393 g/mol. The molecule has 4 rings (SSSR count). The smallest absolute Gasteiger partial charge is 0.259 e. The van der Waals surface area contributed by atoms with Crippen LogP contribution in [0.25, 0.3) is 5.65 Å². The van der Waals surface area contributed by atoms with E-state index in [0.717, 1.165) is 25.0 Å². The fourth-order valence-electron chi connectivity index (χ4n) is 3.82.